The summed E-state index contributed by atoms with van der Waals surface area (Å²) in [5.41, 5.74) is 0. The summed E-state index contributed by atoms with van der Waals surface area (Å²) in [5.74, 6) is -0.759. The van der Waals surface area contributed by atoms with Crippen LogP contribution in [0.2, 0.25) is 0 Å². The summed E-state index contributed by atoms with van der Waals surface area (Å²) in [6, 6.07) is 2.70. The van der Waals surface area contributed by atoms with E-state index in [4.69, 9.17) is 9.52 Å². The van der Waals surface area contributed by atoms with Gasteiger partial charge in [0.05, 0.1) is 19.4 Å². The third-order valence-electron chi connectivity index (χ3n) is 2.42. The molecule has 1 unspecified atom stereocenters. The predicted octanol–water partition coefficient (Wildman–Crippen LogP) is 2.16. The number of carboxylic acids is 1. The number of rotatable bonds is 6. The van der Waals surface area contributed by atoms with Crippen LogP contribution in [-0.4, -0.2) is 41.3 Å². The first-order valence-corrected chi connectivity index (χ1v) is 5.33. The molecule has 0 saturated heterocycles. The van der Waals surface area contributed by atoms with E-state index in [1.165, 1.54) is 13.2 Å². The Kier molecular flexibility index (Phi) is 4.77. The quantitative estimate of drug-likeness (QED) is 0.856. The third kappa shape index (κ3) is 5.22. The van der Waals surface area contributed by atoms with Crippen molar-refractivity contribution >= 4 is 5.97 Å². The van der Waals surface area contributed by atoms with Gasteiger partial charge in [-0.15, -0.1) is 0 Å². The summed E-state index contributed by atoms with van der Waals surface area (Å²) in [7, 11) is 0. The minimum absolute atomic E-state index is 0.232. The van der Waals surface area contributed by atoms with Crippen molar-refractivity contribution in [2.45, 2.75) is 25.6 Å². The van der Waals surface area contributed by atoms with Gasteiger partial charge in [0, 0.05) is 12.5 Å². The molecule has 4 nitrogen and oxygen atoms in total. The first kappa shape index (κ1) is 14.6. The van der Waals surface area contributed by atoms with E-state index in [0.717, 1.165) is 4.90 Å². The molecular weight excluding hydrogens is 251 g/mol. The fourth-order valence-electron chi connectivity index (χ4n) is 1.62. The molecule has 102 valence electrons. The first-order valence-electron chi connectivity index (χ1n) is 5.33. The zero-order chi connectivity index (χ0) is 13.8. The van der Waals surface area contributed by atoms with Crippen LogP contribution < -0.4 is 0 Å². The number of hydrogen-bond acceptors (Lipinski definition) is 3. The topological polar surface area (TPSA) is 53.7 Å². The average Bonchev–Trinajstić information content (AvgIpc) is 2.66. The molecular formula is C11H14F3NO3. The highest BCUT2D eigenvalue weighted by molar-refractivity contribution is 5.69. The van der Waals surface area contributed by atoms with Gasteiger partial charge in [0.1, 0.15) is 5.76 Å². The monoisotopic (exact) mass is 265 g/mol. The highest BCUT2D eigenvalue weighted by Crippen LogP contribution is 2.19. The highest BCUT2D eigenvalue weighted by atomic mass is 19.4. The number of aliphatic carboxylic acids is 1. The highest BCUT2D eigenvalue weighted by Gasteiger charge is 2.33. The van der Waals surface area contributed by atoms with Gasteiger partial charge in [-0.2, -0.15) is 13.2 Å². The van der Waals surface area contributed by atoms with Crippen LogP contribution in [0.4, 0.5) is 13.2 Å². The molecule has 1 N–H and O–H groups in total. The van der Waals surface area contributed by atoms with Crippen LogP contribution in [0.1, 0.15) is 12.7 Å². The van der Waals surface area contributed by atoms with E-state index in [0.29, 0.717) is 5.76 Å². The van der Waals surface area contributed by atoms with Crippen LogP contribution in [0, 0.1) is 0 Å². The van der Waals surface area contributed by atoms with Crippen LogP contribution in [0.3, 0.4) is 0 Å². The van der Waals surface area contributed by atoms with Gasteiger partial charge in [-0.1, -0.05) is 0 Å². The number of carbonyl (C=O) groups is 1. The molecule has 0 aliphatic rings. The van der Waals surface area contributed by atoms with Crippen LogP contribution in [0.15, 0.2) is 22.8 Å². The Bertz CT molecular complexity index is 375. The van der Waals surface area contributed by atoms with Crippen molar-refractivity contribution in [1.29, 1.82) is 0 Å². The fourth-order valence-corrected chi connectivity index (χ4v) is 1.62. The van der Waals surface area contributed by atoms with E-state index < -0.39 is 31.3 Å². The van der Waals surface area contributed by atoms with Gasteiger partial charge in [0.25, 0.3) is 0 Å². The smallest absolute Gasteiger partial charge is 0.401 e. The summed E-state index contributed by atoms with van der Waals surface area (Å²) >= 11 is 0. The molecule has 1 heterocycles. The molecule has 1 rings (SSSR count). The van der Waals surface area contributed by atoms with E-state index in [2.05, 4.69) is 0 Å². The first-order chi connectivity index (χ1) is 8.28. The van der Waals surface area contributed by atoms with Crippen molar-refractivity contribution in [1.82, 2.24) is 4.90 Å². The van der Waals surface area contributed by atoms with Gasteiger partial charge in [-0.05, 0) is 19.1 Å². The lowest BCUT2D eigenvalue weighted by atomic mass is 10.1. The van der Waals surface area contributed by atoms with Gasteiger partial charge in [0.15, 0.2) is 0 Å². The Balaban J connectivity index is 2.66. The Hall–Kier alpha value is -1.50. The summed E-state index contributed by atoms with van der Waals surface area (Å²) in [6.07, 6.45) is -2.77. The molecule has 7 heteroatoms. The number of alkyl halides is 3. The van der Waals surface area contributed by atoms with Crippen LogP contribution >= 0.6 is 0 Å². The molecule has 1 atom stereocenters. The molecule has 0 amide bonds. The third-order valence-corrected chi connectivity index (χ3v) is 2.42. The molecule has 0 saturated carbocycles. The average molecular weight is 265 g/mol. The molecule has 1 aromatic heterocycles. The Morgan fingerprint density at radius 1 is 1.56 bits per heavy atom. The Labute approximate surface area is 102 Å². The second-order valence-electron chi connectivity index (χ2n) is 4.05. The number of halogens is 3. The van der Waals surface area contributed by atoms with E-state index in [1.54, 1.807) is 12.1 Å². The Morgan fingerprint density at radius 2 is 2.22 bits per heavy atom. The molecule has 0 fully saturated rings. The molecule has 0 bridgehead atoms. The molecule has 1 aromatic rings. The van der Waals surface area contributed by atoms with Gasteiger partial charge >= 0.3 is 12.1 Å². The van der Waals surface area contributed by atoms with E-state index >= 15 is 0 Å². The van der Waals surface area contributed by atoms with E-state index in [9.17, 15) is 18.0 Å². The van der Waals surface area contributed by atoms with Gasteiger partial charge in [0.2, 0.25) is 0 Å². The summed E-state index contributed by atoms with van der Waals surface area (Å²) in [6.45, 7) is -0.361. The van der Waals surface area contributed by atoms with Crippen LogP contribution in [0.25, 0.3) is 0 Å². The lowest BCUT2D eigenvalue weighted by molar-refractivity contribution is -0.157. The summed E-state index contributed by atoms with van der Waals surface area (Å²) in [5, 5.41) is 8.62. The zero-order valence-corrected chi connectivity index (χ0v) is 9.78. The SMILES string of the molecule is CC(Cc1ccco1)N(CC(=O)O)CC(F)(F)F. The predicted molar refractivity (Wildman–Crippen MR) is 57.1 cm³/mol. The van der Waals surface area contributed by atoms with Crippen molar-refractivity contribution in [3.63, 3.8) is 0 Å². The second-order valence-corrected chi connectivity index (χ2v) is 4.05. The molecule has 18 heavy (non-hydrogen) atoms. The van der Waals surface area contributed by atoms with Gasteiger partial charge in [-0.3, -0.25) is 9.69 Å². The normalized spacial score (nSPS) is 13.8. The van der Waals surface area contributed by atoms with Gasteiger partial charge in [-0.25, -0.2) is 0 Å². The lowest BCUT2D eigenvalue weighted by Crippen LogP contribution is -2.44. The maximum atomic E-state index is 12.3. The maximum absolute atomic E-state index is 12.3. The molecule has 0 aromatic carbocycles. The minimum atomic E-state index is -4.42. The van der Waals surface area contributed by atoms with Crippen molar-refractivity contribution in [2.24, 2.45) is 0 Å². The van der Waals surface area contributed by atoms with Crippen molar-refractivity contribution in [3.8, 4) is 0 Å². The van der Waals surface area contributed by atoms with E-state index in [1.807, 2.05) is 0 Å². The van der Waals surface area contributed by atoms with Crippen LogP contribution in [-0.2, 0) is 11.2 Å². The second kappa shape index (κ2) is 5.90. The minimum Gasteiger partial charge on any atom is -0.480 e. The summed E-state index contributed by atoms with van der Waals surface area (Å²) < 4.78 is 42.0. The number of carboxylic acid groups (broad SMARTS) is 1. The summed E-state index contributed by atoms with van der Waals surface area (Å²) in [4.78, 5) is 11.4. The molecule has 0 spiro atoms. The van der Waals surface area contributed by atoms with Crippen molar-refractivity contribution < 1.29 is 27.5 Å². The molecule has 0 aliphatic carbocycles. The van der Waals surface area contributed by atoms with Crippen LogP contribution in [0.5, 0.6) is 0 Å². The van der Waals surface area contributed by atoms with Gasteiger partial charge < -0.3 is 9.52 Å². The number of nitrogens with zero attached hydrogens (tertiary/aromatic N) is 1. The maximum Gasteiger partial charge on any atom is 0.401 e. The number of hydrogen-bond donors (Lipinski definition) is 1. The largest absolute Gasteiger partial charge is 0.480 e. The molecule has 0 radical (unpaired) electrons. The zero-order valence-electron chi connectivity index (χ0n) is 9.78. The van der Waals surface area contributed by atoms with E-state index in [-0.39, 0.29) is 6.42 Å². The lowest BCUT2D eigenvalue weighted by Gasteiger charge is -2.27. The molecule has 0 aliphatic heterocycles. The standard InChI is InChI=1S/C11H14F3NO3/c1-8(5-9-3-2-4-18-9)15(6-10(16)17)7-11(12,13)14/h2-4,8H,5-7H2,1H3,(H,16,17). The number of furan rings is 1. The Morgan fingerprint density at radius 3 is 2.67 bits per heavy atom. The fraction of sp³-hybridized carbons (Fsp3) is 0.545. The van der Waals surface area contributed by atoms with Crippen molar-refractivity contribution in [2.75, 3.05) is 13.1 Å². The van der Waals surface area contributed by atoms with Crippen molar-refractivity contribution in [3.05, 3.63) is 24.2 Å².